The quantitative estimate of drug-likeness (QED) is 0.539. The zero-order chi connectivity index (χ0) is 16.2. The van der Waals surface area contributed by atoms with Crippen molar-refractivity contribution in [2.75, 3.05) is 26.7 Å². The number of rotatable bonds is 7. The average molecular weight is 365 g/mol. The fourth-order valence-corrected chi connectivity index (χ4v) is 3.23. The van der Waals surface area contributed by atoms with Gasteiger partial charge in [0.15, 0.2) is 6.10 Å². The number of halogens is 1. The minimum absolute atomic E-state index is 0. The Morgan fingerprint density at radius 1 is 1.39 bits per heavy atom. The third kappa shape index (κ3) is 4.81. The van der Waals surface area contributed by atoms with Crippen LogP contribution < -0.4 is 14.8 Å². The number of hydrogen-bond acceptors (Lipinski definition) is 6. The lowest BCUT2D eigenvalue weighted by Gasteiger charge is -2.08. The molecule has 9 heteroatoms. The van der Waals surface area contributed by atoms with E-state index in [-0.39, 0.29) is 23.9 Å². The van der Waals surface area contributed by atoms with Crippen LogP contribution in [0.25, 0.3) is 0 Å². The molecule has 130 valence electrons. The summed E-state index contributed by atoms with van der Waals surface area (Å²) in [5.41, 5.74) is 0.689. The number of fused-ring (bicyclic) bond motifs is 1. The zero-order valence-corrected chi connectivity index (χ0v) is 14.6. The molecule has 0 spiro atoms. The van der Waals surface area contributed by atoms with E-state index in [0.717, 1.165) is 0 Å². The molecule has 0 bridgehead atoms. The minimum Gasteiger partial charge on any atom is -0.478 e. The minimum atomic E-state index is -3.56. The van der Waals surface area contributed by atoms with Gasteiger partial charge in [-0.25, -0.2) is 17.9 Å². The van der Waals surface area contributed by atoms with Crippen molar-refractivity contribution in [1.82, 2.24) is 10.0 Å². The Morgan fingerprint density at radius 2 is 2.13 bits per heavy atom. The Morgan fingerprint density at radius 3 is 2.78 bits per heavy atom. The van der Waals surface area contributed by atoms with Crippen molar-refractivity contribution >= 4 is 28.4 Å². The Balaban J connectivity index is 0.00000264. The maximum Gasteiger partial charge on any atom is 0.347 e. The predicted molar refractivity (Wildman–Crippen MR) is 87.6 cm³/mol. The highest BCUT2D eigenvalue weighted by atomic mass is 35.5. The fraction of sp³-hybridized carbons (Fsp3) is 0.500. The van der Waals surface area contributed by atoms with Crippen LogP contribution in [0.1, 0.15) is 12.5 Å². The molecule has 1 atom stereocenters. The van der Waals surface area contributed by atoms with Crippen LogP contribution in [-0.4, -0.2) is 47.2 Å². The molecule has 1 unspecified atom stereocenters. The van der Waals surface area contributed by atoms with E-state index in [1.54, 1.807) is 20.0 Å². The van der Waals surface area contributed by atoms with Gasteiger partial charge in [0.25, 0.3) is 0 Å². The van der Waals surface area contributed by atoms with Gasteiger partial charge < -0.3 is 14.8 Å². The number of ether oxygens (including phenoxy) is 2. The van der Waals surface area contributed by atoms with Crippen LogP contribution in [0.3, 0.4) is 0 Å². The standard InChI is InChI=1S/C14H20N2O5S.ClH/c1-3-20-14(17)13-9-10-8-11(4-5-12(10)21-13)22(18,19)16-7-6-15-2;/h4-5,8,13,15-16H,3,6-7,9H2,1-2H3;1H. The molecule has 0 saturated carbocycles. The summed E-state index contributed by atoms with van der Waals surface area (Å²) in [5.74, 6) is 0.0856. The lowest BCUT2D eigenvalue weighted by Crippen LogP contribution is -2.30. The monoisotopic (exact) mass is 364 g/mol. The van der Waals surface area contributed by atoms with Crippen LogP contribution in [0.2, 0.25) is 0 Å². The summed E-state index contributed by atoms with van der Waals surface area (Å²) in [4.78, 5) is 11.8. The molecule has 0 amide bonds. The second-order valence-corrected chi connectivity index (χ2v) is 6.60. The topological polar surface area (TPSA) is 93.7 Å². The smallest absolute Gasteiger partial charge is 0.347 e. The van der Waals surface area contributed by atoms with Gasteiger partial charge in [-0.15, -0.1) is 12.4 Å². The van der Waals surface area contributed by atoms with Gasteiger partial charge in [0.1, 0.15) is 5.75 Å². The molecule has 1 aliphatic rings. The zero-order valence-electron chi connectivity index (χ0n) is 13.0. The van der Waals surface area contributed by atoms with Crippen molar-refractivity contribution in [3.05, 3.63) is 23.8 Å². The molecule has 2 rings (SSSR count). The van der Waals surface area contributed by atoms with Crippen molar-refractivity contribution in [1.29, 1.82) is 0 Å². The molecule has 1 aromatic carbocycles. The van der Waals surface area contributed by atoms with E-state index < -0.39 is 22.1 Å². The summed E-state index contributed by atoms with van der Waals surface area (Å²) >= 11 is 0. The van der Waals surface area contributed by atoms with E-state index in [2.05, 4.69) is 10.0 Å². The molecule has 1 aliphatic heterocycles. The predicted octanol–water partition coefficient (Wildman–Crippen LogP) is 0.473. The molecule has 0 saturated heterocycles. The molecule has 0 fully saturated rings. The fourth-order valence-electron chi connectivity index (χ4n) is 2.15. The number of sulfonamides is 1. The lowest BCUT2D eigenvalue weighted by molar-refractivity contribution is -0.150. The van der Waals surface area contributed by atoms with Gasteiger partial charge in [0.05, 0.1) is 11.5 Å². The molecule has 0 radical (unpaired) electrons. The van der Waals surface area contributed by atoms with Crippen molar-refractivity contribution in [3.8, 4) is 5.75 Å². The summed E-state index contributed by atoms with van der Waals surface area (Å²) < 4.78 is 37.2. The number of benzene rings is 1. The van der Waals surface area contributed by atoms with E-state index in [9.17, 15) is 13.2 Å². The molecule has 2 N–H and O–H groups in total. The molecule has 1 heterocycles. The first-order chi connectivity index (χ1) is 10.5. The van der Waals surface area contributed by atoms with Crippen molar-refractivity contribution in [2.24, 2.45) is 0 Å². The Hall–Kier alpha value is -1.35. The van der Waals surface area contributed by atoms with Crippen molar-refractivity contribution < 1.29 is 22.7 Å². The van der Waals surface area contributed by atoms with Crippen molar-refractivity contribution in [3.63, 3.8) is 0 Å². The van der Waals surface area contributed by atoms with E-state index in [1.165, 1.54) is 12.1 Å². The summed E-state index contributed by atoms with van der Waals surface area (Å²) in [6.45, 7) is 2.85. The molecule has 0 aliphatic carbocycles. The van der Waals surface area contributed by atoms with Gasteiger partial charge >= 0.3 is 5.97 Å². The maximum atomic E-state index is 12.2. The highest BCUT2D eigenvalue weighted by Crippen LogP contribution is 2.31. The Labute approximate surface area is 142 Å². The van der Waals surface area contributed by atoms with E-state index in [1.807, 2.05) is 0 Å². The van der Waals surface area contributed by atoms with Crippen molar-refractivity contribution in [2.45, 2.75) is 24.3 Å². The van der Waals surface area contributed by atoms with E-state index in [4.69, 9.17) is 9.47 Å². The van der Waals surface area contributed by atoms with Crippen LogP contribution in [0.4, 0.5) is 0 Å². The molecule has 1 aromatic rings. The summed E-state index contributed by atoms with van der Waals surface area (Å²) in [6, 6.07) is 4.57. The summed E-state index contributed by atoms with van der Waals surface area (Å²) in [6.07, 6.45) is -0.390. The van der Waals surface area contributed by atoms with Gasteiger partial charge in [-0.3, -0.25) is 0 Å². The highest BCUT2D eigenvalue weighted by molar-refractivity contribution is 7.89. The van der Waals surface area contributed by atoms with Crippen LogP contribution in [-0.2, 0) is 26.0 Å². The highest BCUT2D eigenvalue weighted by Gasteiger charge is 2.31. The molecule has 23 heavy (non-hydrogen) atoms. The number of hydrogen-bond donors (Lipinski definition) is 2. The van der Waals surface area contributed by atoms with Gasteiger partial charge in [-0.05, 0) is 37.7 Å². The number of nitrogens with one attached hydrogen (secondary N) is 2. The van der Waals surface area contributed by atoms with Crippen LogP contribution in [0, 0.1) is 0 Å². The third-order valence-electron chi connectivity index (χ3n) is 3.23. The SMILES string of the molecule is CCOC(=O)C1Cc2cc(S(=O)(=O)NCCNC)ccc2O1.Cl. The third-order valence-corrected chi connectivity index (χ3v) is 4.69. The maximum absolute atomic E-state index is 12.2. The van der Waals surface area contributed by atoms with Gasteiger partial charge in [-0.1, -0.05) is 0 Å². The van der Waals surface area contributed by atoms with Crippen LogP contribution >= 0.6 is 12.4 Å². The van der Waals surface area contributed by atoms with E-state index in [0.29, 0.717) is 30.8 Å². The summed E-state index contributed by atoms with van der Waals surface area (Å²) in [5, 5.41) is 2.87. The Bertz CT molecular complexity index is 651. The lowest BCUT2D eigenvalue weighted by atomic mass is 10.1. The normalized spacial score (nSPS) is 16.2. The molecular weight excluding hydrogens is 344 g/mol. The summed E-state index contributed by atoms with van der Waals surface area (Å²) in [7, 11) is -1.82. The first-order valence-electron chi connectivity index (χ1n) is 7.08. The number of esters is 1. The first-order valence-corrected chi connectivity index (χ1v) is 8.56. The largest absolute Gasteiger partial charge is 0.478 e. The van der Waals surface area contributed by atoms with Crippen LogP contribution in [0.5, 0.6) is 5.75 Å². The molecule has 0 aromatic heterocycles. The molecular formula is C14H21ClN2O5S. The molecule has 7 nitrogen and oxygen atoms in total. The first kappa shape index (κ1) is 19.7. The average Bonchev–Trinajstić information content (AvgIpc) is 2.90. The number of carbonyl (C=O) groups is 1. The number of carbonyl (C=O) groups excluding carboxylic acids is 1. The number of likely N-dealkylation sites (N-methyl/N-ethyl adjacent to an activating group) is 1. The van der Waals surface area contributed by atoms with Gasteiger partial charge in [0, 0.05) is 19.5 Å². The van der Waals surface area contributed by atoms with Gasteiger partial charge in [0.2, 0.25) is 10.0 Å². The van der Waals surface area contributed by atoms with Crippen LogP contribution in [0.15, 0.2) is 23.1 Å². The Kier molecular flexibility index (Phi) is 7.27. The van der Waals surface area contributed by atoms with Gasteiger partial charge in [-0.2, -0.15) is 0 Å². The van der Waals surface area contributed by atoms with E-state index >= 15 is 0 Å². The second-order valence-electron chi connectivity index (χ2n) is 4.83. The second kappa shape index (κ2) is 8.49.